The van der Waals surface area contributed by atoms with E-state index < -0.39 is 60.5 Å². The number of aliphatic carboxylic acids is 1. The Morgan fingerprint density at radius 3 is 2.36 bits per heavy atom. The van der Waals surface area contributed by atoms with Gasteiger partial charge in [-0.05, 0) is 0 Å². The first-order valence-electron chi connectivity index (χ1n) is 9.95. The number of hydrogen-bond acceptors (Lipinski definition) is 4. The number of aromatic nitrogens is 1. The molecule has 176 valence electrons. The molecule has 10 heteroatoms. The maximum atomic E-state index is 13.5. The van der Waals surface area contributed by atoms with Gasteiger partial charge in [-0.2, -0.15) is 0 Å². The summed E-state index contributed by atoms with van der Waals surface area (Å²) in [4.78, 5) is 53.0. The average Bonchev–Trinajstić information content (AvgIpc) is 3.09. The van der Waals surface area contributed by atoms with Crippen LogP contribution in [-0.2, 0) is 14.4 Å². The minimum atomic E-state index is -1.99. The number of carboxylic acid groups (broad SMARTS) is 1. The number of rotatable bonds is 9. The van der Waals surface area contributed by atoms with Crippen LogP contribution >= 0.6 is 31.4 Å². The van der Waals surface area contributed by atoms with Crippen molar-refractivity contribution in [3.63, 3.8) is 0 Å². The van der Waals surface area contributed by atoms with E-state index >= 15 is 0 Å². The molecule has 2 atom stereocenters. The molecule has 3 rings (SSSR count). The number of ketones is 1. The van der Waals surface area contributed by atoms with Crippen molar-refractivity contribution in [1.82, 2.24) is 9.88 Å². The second-order valence-corrected chi connectivity index (χ2v) is 14.2. The molecule has 3 aromatic rings. The molecule has 0 aliphatic carbocycles. The monoisotopic (exact) mass is 588 g/mol. The molecule has 0 bridgehead atoms. The first-order chi connectivity index (χ1) is 15.6. The third-order valence-corrected chi connectivity index (χ3v) is 9.51. The maximum absolute atomic E-state index is 13.5. The number of halogens is 3. The molecule has 0 spiro atoms. The zero-order chi connectivity index (χ0) is 24.3. The number of para-hydroxylation sites is 1. The molecule has 0 saturated carbocycles. The molecule has 1 heterocycles. The van der Waals surface area contributed by atoms with Gasteiger partial charge in [-0.3, -0.25) is 0 Å². The Morgan fingerprint density at radius 1 is 1.06 bits per heavy atom. The number of nitrogens with one attached hydrogen (secondary N) is 1. The first-order valence-corrected chi connectivity index (χ1v) is 15.9. The Labute approximate surface area is 201 Å². The van der Waals surface area contributed by atoms with Gasteiger partial charge in [0.1, 0.15) is 0 Å². The van der Waals surface area contributed by atoms with Crippen LogP contribution in [0.2, 0.25) is 5.02 Å². The first kappa shape index (κ1) is 25.1. The molecule has 7 nitrogen and oxygen atoms in total. The van der Waals surface area contributed by atoms with Gasteiger partial charge in [0.2, 0.25) is 0 Å². The van der Waals surface area contributed by atoms with E-state index in [0.717, 1.165) is 10.8 Å². The topological polar surface area (TPSA) is 105 Å². The van der Waals surface area contributed by atoms with Gasteiger partial charge in [-0.1, -0.05) is 0 Å². The van der Waals surface area contributed by atoms with Crippen molar-refractivity contribution in [2.45, 2.75) is 22.8 Å². The van der Waals surface area contributed by atoms with Gasteiger partial charge < -0.3 is 0 Å². The quantitative estimate of drug-likeness (QED) is 0.289. The van der Waals surface area contributed by atoms with Crippen LogP contribution in [-0.4, -0.2) is 59.7 Å². The van der Waals surface area contributed by atoms with Crippen LogP contribution in [0.25, 0.3) is 21.8 Å². The molecule has 0 aliphatic rings. The molecule has 2 N–H and O–H groups in total. The Bertz CT molecular complexity index is 1240. The fourth-order valence-corrected chi connectivity index (χ4v) is 6.41. The number of benzene rings is 2. The SMILES string of the molecule is CI(C)[C@H](CC(=O)n1c2ccccc2c2ccc(Cl)cc21)C(=O)NC(CC(=O)O)C(=O)CF. The summed E-state index contributed by atoms with van der Waals surface area (Å²) < 4.78 is 13.7. The molecule has 33 heavy (non-hydrogen) atoms. The number of alkyl halides is 4. The predicted molar refractivity (Wildman–Crippen MR) is 135 cm³/mol. The summed E-state index contributed by atoms with van der Waals surface area (Å²) in [5.41, 5.74) is 1.31. The summed E-state index contributed by atoms with van der Waals surface area (Å²) in [7, 11) is 0. The molecule has 0 radical (unpaired) electrons. The Kier molecular flexibility index (Phi) is 8.06. The van der Waals surface area contributed by atoms with Crippen LogP contribution in [0.15, 0.2) is 42.5 Å². The van der Waals surface area contributed by atoms with Crippen molar-refractivity contribution in [1.29, 1.82) is 0 Å². The molecule has 0 aliphatic heterocycles. The standard InChI is InChI=1S/C23H23ClFIN2O5/c1-26(2)16(23(33)27-17(11-22(31)32)20(29)12-25)10-21(30)28-18-6-4-3-5-14(18)15-8-7-13(24)9-19(15)28/h3-9,16-17H,10-12H2,1-2H3,(H,27,33)(H,31,32)/t16-,17?/m1/s1. The molecule has 0 fully saturated rings. The summed E-state index contributed by atoms with van der Waals surface area (Å²) in [5, 5.41) is 13.5. The van der Waals surface area contributed by atoms with Gasteiger partial charge in [-0.15, -0.1) is 0 Å². The van der Waals surface area contributed by atoms with Crippen molar-refractivity contribution in [2.24, 2.45) is 0 Å². The second-order valence-electron chi connectivity index (χ2n) is 7.65. The molecule has 1 amide bonds. The second kappa shape index (κ2) is 10.6. The van der Waals surface area contributed by atoms with Crippen LogP contribution in [0.1, 0.15) is 17.6 Å². The van der Waals surface area contributed by atoms with Crippen LogP contribution in [0, 0.1) is 0 Å². The molecular formula is C23H23ClFIN2O5. The van der Waals surface area contributed by atoms with Gasteiger partial charge in [0.05, 0.1) is 0 Å². The number of nitrogens with zero attached hydrogens (tertiary/aromatic N) is 1. The molecule has 0 saturated heterocycles. The van der Waals surface area contributed by atoms with E-state index in [1.54, 1.807) is 12.1 Å². The van der Waals surface area contributed by atoms with E-state index in [9.17, 15) is 23.6 Å². The van der Waals surface area contributed by atoms with E-state index in [2.05, 4.69) is 5.32 Å². The Morgan fingerprint density at radius 2 is 1.73 bits per heavy atom. The molecular weight excluding hydrogens is 566 g/mol. The van der Waals surface area contributed by atoms with E-state index in [1.807, 2.05) is 40.2 Å². The molecule has 1 unspecified atom stereocenters. The van der Waals surface area contributed by atoms with Crippen molar-refractivity contribution >= 4 is 76.8 Å². The van der Waals surface area contributed by atoms with Crippen molar-refractivity contribution in [2.75, 3.05) is 16.5 Å². The van der Waals surface area contributed by atoms with E-state index in [0.29, 0.717) is 16.1 Å². The zero-order valence-corrected chi connectivity index (χ0v) is 20.9. The molecule has 2 aromatic carbocycles. The Balaban J connectivity index is 1.94. The molecule has 1 aromatic heterocycles. The number of carbonyl (C=O) groups is 4. The van der Waals surface area contributed by atoms with Crippen LogP contribution in [0.5, 0.6) is 0 Å². The normalized spacial score (nSPS) is 13.5. The predicted octanol–water partition coefficient (Wildman–Crippen LogP) is 4.11. The third-order valence-electron chi connectivity index (χ3n) is 5.27. The number of hydrogen-bond donors (Lipinski definition) is 2. The zero-order valence-electron chi connectivity index (χ0n) is 18.0. The van der Waals surface area contributed by atoms with Crippen LogP contribution in [0.3, 0.4) is 0 Å². The van der Waals surface area contributed by atoms with Gasteiger partial charge in [-0.25, -0.2) is 0 Å². The Hall–Kier alpha value is -2.53. The fraction of sp³-hybridized carbons (Fsp3) is 0.304. The summed E-state index contributed by atoms with van der Waals surface area (Å²) in [6, 6.07) is 11.2. The average molecular weight is 589 g/mol. The van der Waals surface area contributed by atoms with Gasteiger partial charge in [0.25, 0.3) is 0 Å². The van der Waals surface area contributed by atoms with Crippen LogP contribution < -0.4 is 5.32 Å². The number of carboxylic acids is 1. The number of Topliss-reactive ketones (excluding diaryl/α,β-unsaturated/α-hetero) is 1. The fourth-order valence-electron chi connectivity index (χ4n) is 3.68. The van der Waals surface area contributed by atoms with Gasteiger partial charge >= 0.3 is 202 Å². The third kappa shape index (κ3) is 5.52. The summed E-state index contributed by atoms with van der Waals surface area (Å²) in [5.74, 6) is -3.27. The number of fused-ring (bicyclic) bond motifs is 3. The van der Waals surface area contributed by atoms with Gasteiger partial charge in [0, 0.05) is 0 Å². The summed E-state index contributed by atoms with van der Waals surface area (Å²) >= 11 is 4.19. The van der Waals surface area contributed by atoms with E-state index in [4.69, 9.17) is 16.7 Å². The summed E-state index contributed by atoms with van der Waals surface area (Å²) in [6.07, 6.45) is -0.851. The number of carbonyl (C=O) groups excluding carboxylic acids is 3. The van der Waals surface area contributed by atoms with E-state index in [1.165, 1.54) is 4.57 Å². The minimum absolute atomic E-state index is 0.131. The van der Waals surface area contributed by atoms with Crippen LogP contribution in [0.4, 0.5) is 4.39 Å². The van der Waals surface area contributed by atoms with Crippen molar-refractivity contribution in [3.8, 4) is 0 Å². The van der Waals surface area contributed by atoms with E-state index in [-0.39, 0.29) is 12.3 Å². The van der Waals surface area contributed by atoms with Gasteiger partial charge in [0.15, 0.2) is 0 Å². The van der Waals surface area contributed by atoms with Crippen molar-refractivity contribution in [3.05, 3.63) is 47.5 Å². The number of amides is 1. The summed E-state index contributed by atoms with van der Waals surface area (Å²) in [6.45, 7) is -1.38. The van der Waals surface area contributed by atoms with Crippen molar-refractivity contribution < 1.29 is 28.7 Å².